The quantitative estimate of drug-likeness (QED) is 0.557. The summed E-state index contributed by atoms with van der Waals surface area (Å²) in [6, 6.07) is 5.68. The molecule has 0 aromatic heterocycles. The summed E-state index contributed by atoms with van der Waals surface area (Å²) in [4.78, 5) is 18.3. The van der Waals surface area contributed by atoms with Crippen LogP contribution in [0.15, 0.2) is 23.2 Å². The van der Waals surface area contributed by atoms with E-state index in [1.54, 1.807) is 19.1 Å². The highest BCUT2D eigenvalue weighted by Gasteiger charge is 2.26. The van der Waals surface area contributed by atoms with E-state index in [4.69, 9.17) is 19.9 Å². The molecule has 0 spiro atoms. The number of ether oxygens (including phenoxy) is 3. The molecule has 0 unspecified atom stereocenters. The first kappa shape index (κ1) is 22.6. The van der Waals surface area contributed by atoms with Crippen molar-refractivity contribution in [3.8, 4) is 11.5 Å². The highest BCUT2D eigenvalue weighted by molar-refractivity contribution is 5.77. The average molecular weight is 407 g/mol. The molecule has 0 atom stereocenters. The second-order valence-corrected chi connectivity index (χ2v) is 8.18. The van der Waals surface area contributed by atoms with E-state index >= 15 is 0 Å². The summed E-state index contributed by atoms with van der Waals surface area (Å²) in [5, 5.41) is 3.19. The van der Waals surface area contributed by atoms with Crippen molar-refractivity contribution in [2.45, 2.75) is 45.8 Å². The zero-order valence-corrected chi connectivity index (χ0v) is 18.2. The smallest absolute Gasteiger partial charge is 0.410 e. The van der Waals surface area contributed by atoms with E-state index in [0.717, 1.165) is 24.9 Å². The lowest BCUT2D eigenvalue weighted by Gasteiger charge is -2.33. The minimum Gasteiger partial charge on any atom is -0.493 e. The van der Waals surface area contributed by atoms with Crippen molar-refractivity contribution in [1.82, 2.24) is 10.2 Å². The third-order valence-corrected chi connectivity index (χ3v) is 4.72. The molecule has 1 aliphatic rings. The van der Waals surface area contributed by atoms with Gasteiger partial charge in [0.2, 0.25) is 0 Å². The van der Waals surface area contributed by atoms with Crippen LogP contribution in [0.25, 0.3) is 0 Å². The number of nitrogens with one attached hydrogen (secondary N) is 1. The second-order valence-electron chi connectivity index (χ2n) is 8.18. The number of carbonyl (C=O) groups excluding carboxylic acids is 1. The van der Waals surface area contributed by atoms with Crippen LogP contribution >= 0.6 is 0 Å². The van der Waals surface area contributed by atoms with Gasteiger partial charge in [0.05, 0.1) is 20.8 Å². The number of methoxy groups -OCH3 is 2. The number of piperidine rings is 1. The molecule has 0 aliphatic carbocycles. The number of amides is 1. The van der Waals surface area contributed by atoms with Crippen LogP contribution in [0.4, 0.5) is 4.79 Å². The van der Waals surface area contributed by atoms with Gasteiger partial charge >= 0.3 is 6.09 Å². The molecule has 1 aliphatic heterocycles. The van der Waals surface area contributed by atoms with E-state index in [2.05, 4.69) is 10.3 Å². The highest BCUT2D eigenvalue weighted by atomic mass is 16.6. The maximum absolute atomic E-state index is 12.1. The fourth-order valence-electron chi connectivity index (χ4n) is 3.11. The summed E-state index contributed by atoms with van der Waals surface area (Å²) in [5.41, 5.74) is 6.53. The van der Waals surface area contributed by atoms with Crippen molar-refractivity contribution < 1.29 is 19.0 Å². The zero-order chi connectivity index (χ0) is 21.4. The number of rotatable bonds is 6. The standard InChI is InChI=1S/C21H34N4O4/c1-21(2,3)29-20(26)25-10-8-15(9-11-25)13-23-19(22)24-14-16-6-7-17(27-4)18(12-16)28-5/h6-7,12,15H,8-11,13-14H2,1-5H3,(H3,22,23,24). The number of nitrogens with two attached hydrogens (primary N) is 1. The molecule has 29 heavy (non-hydrogen) atoms. The van der Waals surface area contributed by atoms with Gasteiger partial charge in [0.15, 0.2) is 17.5 Å². The van der Waals surface area contributed by atoms with Crippen LogP contribution in [-0.4, -0.2) is 56.4 Å². The highest BCUT2D eigenvalue weighted by Crippen LogP contribution is 2.27. The van der Waals surface area contributed by atoms with Crippen molar-refractivity contribution in [1.29, 1.82) is 0 Å². The normalized spacial score (nSPS) is 15.8. The van der Waals surface area contributed by atoms with Crippen molar-refractivity contribution in [3.05, 3.63) is 23.8 Å². The van der Waals surface area contributed by atoms with Crippen molar-refractivity contribution in [3.63, 3.8) is 0 Å². The van der Waals surface area contributed by atoms with Gasteiger partial charge in [-0.1, -0.05) is 6.07 Å². The molecule has 0 radical (unpaired) electrons. The second kappa shape index (κ2) is 10.2. The van der Waals surface area contributed by atoms with E-state index in [1.165, 1.54) is 0 Å². The van der Waals surface area contributed by atoms with E-state index in [9.17, 15) is 4.79 Å². The maximum Gasteiger partial charge on any atom is 0.410 e. The van der Waals surface area contributed by atoms with Crippen LogP contribution in [0.5, 0.6) is 11.5 Å². The molecule has 3 N–H and O–H groups in total. The molecule has 1 aromatic carbocycles. The van der Waals surface area contributed by atoms with Gasteiger partial charge in [0.1, 0.15) is 5.60 Å². The van der Waals surface area contributed by atoms with Crippen LogP contribution in [-0.2, 0) is 11.3 Å². The Morgan fingerprint density at radius 3 is 2.45 bits per heavy atom. The molecular weight excluding hydrogens is 372 g/mol. The fraction of sp³-hybridized carbons (Fsp3) is 0.619. The number of aliphatic imine (C=N–C) groups is 1. The lowest BCUT2D eigenvalue weighted by molar-refractivity contribution is 0.0185. The summed E-state index contributed by atoms with van der Waals surface area (Å²) in [6.07, 6.45) is 1.59. The molecule has 8 heteroatoms. The molecule has 1 amide bonds. The van der Waals surface area contributed by atoms with Gasteiger partial charge in [-0.3, -0.25) is 0 Å². The molecule has 2 rings (SSSR count). The Bertz CT molecular complexity index is 707. The number of guanidine groups is 1. The van der Waals surface area contributed by atoms with Gasteiger partial charge in [0, 0.05) is 19.6 Å². The van der Waals surface area contributed by atoms with Crippen LogP contribution < -0.4 is 20.5 Å². The third kappa shape index (κ3) is 7.36. The molecule has 162 valence electrons. The summed E-state index contributed by atoms with van der Waals surface area (Å²) in [5.74, 6) is 2.21. The number of benzene rings is 1. The molecule has 1 saturated heterocycles. The van der Waals surface area contributed by atoms with E-state index in [1.807, 2.05) is 39.0 Å². The van der Waals surface area contributed by atoms with E-state index in [0.29, 0.717) is 43.0 Å². The number of hydrogen-bond donors (Lipinski definition) is 2. The number of likely N-dealkylation sites (tertiary alicyclic amines) is 1. The Hall–Kier alpha value is -2.64. The van der Waals surface area contributed by atoms with Gasteiger partial charge in [-0.15, -0.1) is 0 Å². The topological polar surface area (TPSA) is 98.4 Å². The first-order valence-corrected chi connectivity index (χ1v) is 9.94. The number of nitrogens with zero attached hydrogens (tertiary/aromatic N) is 2. The predicted molar refractivity (Wildman–Crippen MR) is 113 cm³/mol. The van der Waals surface area contributed by atoms with Gasteiger partial charge < -0.3 is 30.2 Å². The third-order valence-electron chi connectivity index (χ3n) is 4.72. The lowest BCUT2D eigenvalue weighted by atomic mass is 9.97. The van der Waals surface area contributed by atoms with E-state index in [-0.39, 0.29) is 6.09 Å². The fourth-order valence-corrected chi connectivity index (χ4v) is 3.11. The predicted octanol–water partition coefficient (Wildman–Crippen LogP) is 2.76. The molecule has 1 aromatic rings. The monoisotopic (exact) mass is 406 g/mol. The number of hydrogen-bond acceptors (Lipinski definition) is 5. The summed E-state index contributed by atoms with van der Waals surface area (Å²) >= 11 is 0. The minimum atomic E-state index is -0.464. The van der Waals surface area contributed by atoms with Gasteiger partial charge in [0.25, 0.3) is 0 Å². The number of carbonyl (C=O) groups is 1. The Morgan fingerprint density at radius 1 is 1.21 bits per heavy atom. The van der Waals surface area contributed by atoms with Gasteiger partial charge in [-0.05, 0) is 57.2 Å². The van der Waals surface area contributed by atoms with Gasteiger partial charge in [-0.2, -0.15) is 0 Å². The zero-order valence-electron chi connectivity index (χ0n) is 18.2. The van der Waals surface area contributed by atoms with Crippen LogP contribution in [0.3, 0.4) is 0 Å². The van der Waals surface area contributed by atoms with Crippen molar-refractivity contribution >= 4 is 12.1 Å². The Labute approximate surface area is 173 Å². The largest absolute Gasteiger partial charge is 0.493 e. The van der Waals surface area contributed by atoms with Crippen molar-refractivity contribution in [2.24, 2.45) is 16.6 Å². The lowest BCUT2D eigenvalue weighted by Crippen LogP contribution is -2.44. The minimum absolute atomic E-state index is 0.236. The Balaban J connectivity index is 1.76. The van der Waals surface area contributed by atoms with Crippen molar-refractivity contribution in [2.75, 3.05) is 33.9 Å². The molecule has 1 fully saturated rings. The average Bonchev–Trinajstić information content (AvgIpc) is 2.69. The first-order valence-electron chi connectivity index (χ1n) is 9.94. The van der Waals surface area contributed by atoms with E-state index < -0.39 is 5.60 Å². The Morgan fingerprint density at radius 2 is 1.86 bits per heavy atom. The molecule has 1 heterocycles. The Kier molecular flexibility index (Phi) is 7.99. The first-order chi connectivity index (χ1) is 13.7. The van der Waals surface area contributed by atoms with Crippen LogP contribution in [0.1, 0.15) is 39.2 Å². The summed E-state index contributed by atoms with van der Waals surface area (Å²) in [6.45, 7) is 8.23. The summed E-state index contributed by atoms with van der Waals surface area (Å²) in [7, 11) is 3.21. The van der Waals surface area contributed by atoms with Crippen LogP contribution in [0, 0.1) is 5.92 Å². The van der Waals surface area contributed by atoms with Gasteiger partial charge in [-0.25, -0.2) is 9.79 Å². The molecular formula is C21H34N4O4. The SMILES string of the molecule is COc1ccc(CN=C(N)NCC2CCN(C(=O)OC(C)(C)C)CC2)cc1OC. The molecule has 0 bridgehead atoms. The molecule has 0 saturated carbocycles. The maximum atomic E-state index is 12.1. The van der Waals surface area contributed by atoms with Crippen LogP contribution in [0.2, 0.25) is 0 Å². The molecule has 8 nitrogen and oxygen atoms in total. The summed E-state index contributed by atoms with van der Waals surface area (Å²) < 4.78 is 16.0.